The minimum atomic E-state index is -1.17. The fourth-order valence-electron chi connectivity index (χ4n) is 1.50. The highest BCUT2D eigenvalue weighted by atomic mass is 19.1. The zero-order valence-corrected chi connectivity index (χ0v) is 6.96. The molecule has 1 aliphatic carbocycles. The highest BCUT2D eigenvalue weighted by Crippen LogP contribution is 2.42. The second-order valence-corrected chi connectivity index (χ2v) is 3.28. The zero-order chi connectivity index (χ0) is 9.42. The van der Waals surface area contributed by atoms with Gasteiger partial charge in [-0.2, -0.15) is 0 Å². The van der Waals surface area contributed by atoms with E-state index in [4.69, 9.17) is 5.11 Å². The number of halogens is 1. The molecule has 1 aromatic rings. The van der Waals surface area contributed by atoms with Crippen molar-refractivity contribution in [3.8, 4) is 0 Å². The third kappa shape index (κ3) is 1.41. The van der Waals surface area contributed by atoms with Crippen molar-refractivity contribution < 1.29 is 14.3 Å². The molecule has 3 heteroatoms. The largest absolute Gasteiger partial charge is 0.478 e. The number of hydrogen-bond acceptors (Lipinski definition) is 1. The smallest absolute Gasteiger partial charge is 0.338 e. The van der Waals surface area contributed by atoms with E-state index in [0.29, 0.717) is 5.56 Å². The molecule has 0 aliphatic heterocycles. The van der Waals surface area contributed by atoms with Gasteiger partial charge in [-0.05, 0) is 30.4 Å². The molecule has 0 spiro atoms. The van der Waals surface area contributed by atoms with Crippen molar-refractivity contribution in [2.24, 2.45) is 0 Å². The maximum absolute atomic E-state index is 13.1. The molecule has 68 valence electrons. The third-order valence-corrected chi connectivity index (χ3v) is 2.28. The Kier molecular flexibility index (Phi) is 1.79. The van der Waals surface area contributed by atoms with E-state index in [0.717, 1.165) is 12.8 Å². The molecule has 1 saturated carbocycles. The molecule has 0 heterocycles. The Morgan fingerprint density at radius 2 is 2.15 bits per heavy atom. The van der Waals surface area contributed by atoms with Gasteiger partial charge in [0.2, 0.25) is 0 Å². The predicted octanol–water partition coefficient (Wildman–Crippen LogP) is 2.40. The van der Waals surface area contributed by atoms with E-state index in [1.54, 1.807) is 12.1 Å². The zero-order valence-electron chi connectivity index (χ0n) is 6.96. The first-order valence-corrected chi connectivity index (χ1v) is 4.22. The molecular weight excluding hydrogens is 171 g/mol. The van der Waals surface area contributed by atoms with E-state index in [1.807, 2.05) is 0 Å². The summed E-state index contributed by atoms with van der Waals surface area (Å²) in [4.78, 5) is 10.7. The van der Waals surface area contributed by atoms with Crippen LogP contribution in [0.25, 0.3) is 0 Å². The maximum Gasteiger partial charge on any atom is 0.338 e. The first-order valence-electron chi connectivity index (χ1n) is 4.22. The second kappa shape index (κ2) is 2.83. The lowest BCUT2D eigenvalue weighted by Crippen LogP contribution is -2.04. The van der Waals surface area contributed by atoms with Crippen LogP contribution in [0.15, 0.2) is 18.2 Å². The summed E-state index contributed by atoms with van der Waals surface area (Å²) in [5, 5.41) is 8.78. The average Bonchev–Trinajstić information content (AvgIpc) is 2.85. The molecule has 0 amide bonds. The molecule has 0 bridgehead atoms. The summed E-state index contributed by atoms with van der Waals surface area (Å²) in [6.07, 6.45) is 1.95. The van der Waals surface area contributed by atoms with Crippen LogP contribution in [0.5, 0.6) is 0 Å². The SMILES string of the molecule is O=C(O)c1c(F)cccc1C1CC1. The Labute approximate surface area is 75.0 Å². The molecule has 0 aromatic heterocycles. The minimum Gasteiger partial charge on any atom is -0.478 e. The van der Waals surface area contributed by atoms with Crippen LogP contribution in [0.1, 0.15) is 34.7 Å². The van der Waals surface area contributed by atoms with Gasteiger partial charge >= 0.3 is 5.97 Å². The van der Waals surface area contributed by atoms with Crippen molar-refractivity contribution in [2.75, 3.05) is 0 Å². The standard InChI is InChI=1S/C10H9FO2/c11-8-3-1-2-7(6-4-5-6)9(8)10(12)13/h1-3,6H,4-5H2,(H,12,13). The molecule has 2 nitrogen and oxygen atoms in total. The molecule has 0 radical (unpaired) electrons. The number of aromatic carboxylic acids is 1. The summed E-state index contributed by atoms with van der Waals surface area (Å²) < 4.78 is 13.1. The van der Waals surface area contributed by atoms with Crippen LogP contribution in [0.4, 0.5) is 4.39 Å². The van der Waals surface area contributed by atoms with E-state index in [-0.39, 0.29) is 11.5 Å². The van der Waals surface area contributed by atoms with Crippen LogP contribution in [-0.4, -0.2) is 11.1 Å². The number of hydrogen-bond donors (Lipinski definition) is 1. The van der Waals surface area contributed by atoms with Crippen LogP contribution < -0.4 is 0 Å². The highest BCUT2D eigenvalue weighted by molar-refractivity contribution is 5.90. The van der Waals surface area contributed by atoms with Gasteiger partial charge in [-0.3, -0.25) is 0 Å². The lowest BCUT2D eigenvalue weighted by Gasteiger charge is -2.04. The summed E-state index contributed by atoms with van der Waals surface area (Å²) in [7, 11) is 0. The molecule has 0 unspecified atom stereocenters. The number of benzene rings is 1. The van der Waals surface area contributed by atoms with Gasteiger partial charge in [0, 0.05) is 0 Å². The van der Waals surface area contributed by atoms with Gasteiger partial charge in [0.05, 0.1) is 5.56 Å². The average molecular weight is 180 g/mol. The Morgan fingerprint density at radius 1 is 1.46 bits per heavy atom. The van der Waals surface area contributed by atoms with Gasteiger partial charge in [0.1, 0.15) is 5.82 Å². The predicted molar refractivity (Wildman–Crippen MR) is 45.3 cm³/mol. The Morgan fingerprint density at radius 3 is 2.69 bits per heavy atom. The molecule has 1 aromatic carbocycles. The van der Waals surface area contributed by atoms with E-state index in [1.165, 1.54) is 6.07 Å². The molecular formula is C10H9FO2. The molecule has 2 rings (SSSR count). The van der Waals surface area contributed by atoms with Crippen LogP contribution in [0.3, 0.4) is 0 Å². The number of carboxylic acid groups (broad SMARTS) is 1. The van der Waals surface area contributed by atoms with Gasteiger partial charge in [-0.25, -0.2) is 9.18 Å². The number of rotatable bonds is 2. The first kappa shape index (κ1) is 8.23. The Hall–Kier alpha value is -1.38. The molecule has 1 N–H and O–H groups in total. The van der Waals surface area contributed by atoms with Gasteiger partial charge < -0.3 is 5.11 Å². The number of carbonyl (C=O) groups is 1. The van der Waals surface area contributed by atoms with E-state index >= 15 is 0 Å². The van der Waals surface area contributed by atoms with Crippen molar-refractivity contribution in [1.82, 2.24) is 0 Å². The minimum absolute atomic E-state index is 0.148. The molecule has 1 fully saturated rings. The Bertz CT molecular complexity index is 356. The van der Waals surface area contributed by atoms with Gasteiger partial charge in [-0.1, -0.05) is 12.1 Å². The van der Waals surface area contributed by atoms with Gasteiger partial charge in [0.25, 0.3) is 0 Å². The number of carboxylic acids is 1. The van der Waals surface area contributed by atoms with Crippen molar-refractivity contribution in [1.29, 1.82) is 0 Å². The summed E-state index contributed by atoms with van der Waals surface area (Å²) >= 11 is 0. The first-order chi connectivity index (χ1) is 6.20. The van der Waals surface area contributed by atoms with E-state index in [2.05, 4.69) is 0 Å². The normalized spacial score (nSPS) is 15.8. The van der Waals surface area contributed by atoms with Crippen LogP contribution >= 0.6 is 0 Å². The van der Waals surface area contributed by atoms with E-state index < -0.39 is 11.8 Å². The van der Waals surface area contributed by atoms with Crippen molar-refractivity contribution in [3.05, 3.63) is 35.1 Å². The summed E-state index contributed by atoms with van der Waals surface area (Å²) in [5.74, 6) is -1.53. The lowest BCUT2D eigenvalue weighted by atomic mass is 10.0. The monoisotopic (exact) mass is 180 g/mol. The fourth-order valence-corrected chi connectivity index (χ4v) is 1.50. The summed E-state index contributed by atoms with van der Waals surface area (Å²) in [6.45, 7) is 0. The van der Waals surface area contributed by atoms with Gasteiger partial charge in [-0.15, -0.1) is 0 Å². The van der Waals surface area contributed by atoms with Gasteiger partial charge in [0.15, 0.2) is 0 Å². The lowest BCUT2D eigenvalue weighted by molar-refractivity contribution is 0.0690. The topological polar surface area (TPSA) is 37.3 Å². The maximum atomic E-state index is 13.1. The summed E-state index contributed by atoms with van der Waals surface area (Å²) in [5.41, 5.74) is 0.498. The van der Waals surface area contributed by atoms with Crippen LogP contribution in [0.2, 0.25) is 0 Å². The van der Waals surface area contributed by atoms with Crippen molar-refractivity contribution >= 4 is 5.97 Å². The van der Waals surface area contributed by atoms with Crippen LogP contribution in [0, 0.1) is 5.82 Å². The molecule has 0 atom stereocenters. The third-order valence-electron chi connectivity index (χ3n) is 2.28. The molecule has 1 aliphatic rings. The quantitative estimate of drug-likeness (QED) is 0.758. The van der Waals surface area contributed by atoms with Crippen molar-refractivity contribution in [2.45, 2.75) is 18.8 Å². The van der Waals surface area contributed by atoms with E-state index in [9.17, 15) is 9.18 Å². The molecule has 13 heavy (non-hydrogen) atoms. The Balaban J connectivity index is 2.53. The van der Waals surface area contributed by atoms with Crippen molar-refractivity contribution in [3.63, 3.8) is 0 Å². The summed E-state index contributed by atoms with van der Waals surface area (Å²) in [6, 6.07) is 4.45. The second-order valence-electron chi connectivity index (χ2n) is 3.28. The highest BCUT2D eigenvalue weighted by Gasteiger charge is 2.29. The van der Waals surface area contributed by atoms with Crippen LogP contribution in [-0.2, 0) is 0 Å². The fraction of sp³-hybridized carbons (Fsp3) is 0.300. The molecule has 0 saturated heterocycles.